The minimum absolute atomic E-state index is 0.0899. The van der Waals surface area contributed by atoms with Gasteiger partial charge in [0.05, 0.1) is 23.2 Å². The number of nitrogens with one attached hydrogen (secondary N) is 1. The van der Waals surface area contributed by atoms with E-state index in [1.54, 1.807) is 48.5 Å². The molecule has 1 amide bonds. The monoisotopic (exact) mass is 462 g/mol. The molecular formula is C26H26N2O4S. The average Bonchev–Trinajstić information content (AvgIpc) is 2.84. The van der Waals surface area contributed by atoms with Gasteiger partial charge in [-0.05, 0) is 61.6 Å². The first-order valence-corrected chi connectivity index (χ1v) is 12.6. The average molecular weight is 463 g/mol. The zero-order valence-corrected chi connectivity index (χ0v) is 19.2. The van der Waals surface area contributed by atoms with Crippen molar-refractivity contribution in [3.63, 3.8) is 0 Å². The molecule has 170 valence electrons. The normalized spacial score (nSPS) is 19.7. The Balaban J connectivity index is 1.44. The first-order chi connectivity index (χ1) is 15.9. The number of nitrogens with zero attached hydrogens (tertiary/aromatic N) is 1. The molecule has 6 nitrogen and oxygen atoms in total. The van der Waals surface area contributed by atoms with Crippen molar-refractivity contribution in [1.82, 2.24) is 5.32 Å². The van der Waals surface area contributed by atoms with Crippen molar-refractivity contribution in [2.75, 3.05) is 10.8 Å². The van der Waals surface area contributed by atoms with Gasteiger partial charge >= 0.3 is 0 Å². The van der Waals surface area contributed by atoms with Crippen LogP contribution < -0.4 is 14.4 Å². The largest absolute Gasteiger partial charge is 0.476 e. The molecule has 33 heavy (non-hydrogen) atoms. The Morgan fingerprint density at radius 3 is 2.55 bits per heavy atom. The molecule has 0 fully saturated rings. The summed E-state index contributed by atoms with van der Waals surface area (Å²) in [6.07, 6.45) is 1.88. The number of ether oxygens (including phenoxy) is 1. The molecule has 0 radical (unpaired) electrons. The van der Waals surface area contributed by atoms with E-state index < -0.39 is 16.1 Å². The van der Waals surface area contributed by atoms with E-state index in [0.717, 1.165) is 30.4 Å². The zero-order chi connectivity index (χ0) is 23.0. The highest BCUT2D eigenvalue weighted by molar-refractivity contribution is 7.92. The molecule has 0 saturated heterocycles. The molecule has 0 bridgehead atoms. The Labute approximate surface area is 194 Å². The Morgan fingerprint density at radius 1 is 1.00 bits per heavy atom. The van der Waals surface area contributed by atoms with Crippen molar-refractivity contribution in [3.8, 4) is 5.75 Å². The van der Waals surface area contributed by atoms with Gasteiger partial charge in [-0.1, -0.05) is 54.1 Å². The van der Waals surface area contributed by atoms with Crippen LogP contribution in [0.1, 0.15) is 35.6 Å². The molecule has 0 unspecified atom stereocenters. The number of aryl methyl sites for hydroxylation is 2. The predicted molar refractivity (Wildman–Crippen MR) is 127 cm³/mol. The Hall–Kier alpha value is -3.32. The number of carbonyl (C=O) groups excluding carboxylic acids is 1. The number of rotatable bonds is 4. The summed E-state index contributed by atoms with van der Waals surface area (Å²) < 4.78 is 34.3. The van der Waals surface area contributed by atoms with E-state index in [9.17, 15) is 13.2 Å². The summed E-state index contributed by atoms with van der Waals surface area (Å²) in [5, 5.41) is 3.11. The van der Waals surface area contributed by atoms with Crippen LogP contribution in [0.3, 0.4) is 0 Å². The van der Waals surface area contributed by atoms with Crippen molar-refractivity contribution in [2.45, 2.75) is 43.2 Å². The summed E-state index contributed by atoms with van der Waals surface area (Å²) >= 11 is 0. The Bertz CT molecular complexity index is 1290. The molecular weight excluding hydrogens is 436 g/mol. The van der Waals surface area contributed by atoms with Crippen molar-refractivity contribution < 1.29 is 17.9 Å². The lowest BCUT2D eigenvalue weighted by atomic mass is 9.87. The highest BCUT2D eigenvalue weighted by atomic mass is 32.2. The van der Waals surface area contributed by atoms with Gasteiger partial charge in [0, 0.05) is 0 Å². The molecule has 0 saturated carbocycles. The molecule has 1 heterocycles. The number of hydrogen-bond donors (Lipinski definition) is 1. The van der Waals surface area contributed by atoms with E-state index in [1.165, 1.54) is 9.87 Å². The maximum absolute atomic E-state index is 13.5. The van der Waals surface area contributed by atoms with Crippen LogP contribution in [0, 0.1) is 6.92 Å². The fourth-order valence-corrected chi connectivity index (χ4v) is 6.05. The Morgan fingerprint density at radius 2 is 1.73 bits per heavy atom. The SMILES string of the molecule is Cc1ccc(S(=O)(=O)N2C[C@H](C(=O)N[C@@H]3CCCc4ccccc43)Oc3ccccc32)cc1. The van der Waals surface area contributed by atoms with Gasteiger partial charge in [0.25, 0.3) is 15.9 Å². The minimum Gasteiger partial charge on any atom is -0.476 e. The summed E-state index contributed by atoms with van der Waals surface area (Å²) in [6, 6.07) is 21.7. The minimum atomic E-state index is -3.87. The van der Waals surface area contributed by atoms with Gasteiger partial charge in [-0.15, -0.1) is 0 Å². The van der Waals surface area contributed by atoms with Crippen molar-refractivity contribution in [3.05, 3.63) is 89.5 Å². The van der Waals surface area contributed by atoms with Gasteiger partial charge < -0.3 is 10.1 Å². The third-order valence-corrected chi connectivity index (χ3v) is 8.12. The lowest BCUT2D eigenvalue weighted by molar-refractivity contribution is -0.128. The molecule has 3 aromatic carbocycles. The second-order valence-corrected chi connectivity index (χ2v) is 10.4. The van der Waals surface area contributed by atoms with Gasteiger partial charge in [0.2, 0.25) is 0 Å². The van der Waals surface area contributed by atoms with E-state index in [-0.39, 0.29) is 23.4 Å². The van der Waals surface area contributed by atoms with Crippen LogP contribution in [-0.2, 0) is 21.2 Å². The number of hydrogen-bond acceptors (Lipinski definition) is 4. The third-order valence-electron chi connectivity index (χ3n) is 6.32. The standard InChI is InChI=1S/C26H26N2O4S/c1-18-13-15-20(16-14-18)33(30,31)28-17-25(32-24-12-5-4-11-23(24)28)26(29)27-22-10-6-8-19-7-2-3-9-21(19)22/h2-5,7,9,11-16,22,25H,6,8,10,17H2,1H3,(H,27,29)/t22-,25-/m1/s1. The molecule has 2 aliphatic rings. The lowest BCUT2D eigenvalue weighted by Crippen LogP contribution is -2.51. The second-order valence-electron chi connectivity index (χ2n) is 8.58. The van der Waals surface area contributed by atoms with E-state index in [4.69, 9.17) is 4.74 Å². The predicted octanol–water partition coefficient (Wildman–Crippen LogP) is 4.15. The summed E-state index contributed by atoms with van der Waals surface area (Å²) in [5.74, 6) is 0.0685. The maximum Gasteiger partial charge on any atom is 0.264 e. The first kappa shape index (κ1) is 21.5. The summed E-state index contributed by atoms with van der Waals surface area (Å²) in [7, 11) is -3.87. The molecule has 1 N–H and O–H groups in total. The van der Waals surface area contributed by atoms with Crippen LogP contribution >= 0.6 is 0 Å². The molecule has 0 spiro atoms. The highest BCUT2D eigenvalue weighted by Gasteiger charge is 2.38. The van der Waals surface area contributed by atoms with Crippen molar-refractivity contribution in [2.24, 2.45) is 0 Å². The second kappa shape index (κ2) is 8.56. The van der Waals surface area contributed by atoms with Crippen LogP contribution in [0.15, 0.2) is 77.7 Å². The van der Waals surface area contributed by atoms with E-state index in [0.29, 0.717) is 11.4 Å². The highest BCUT2D eigenvalue weighted by Crippen LogP contribution is 2.37. The molecule has 3 aromatic rings. The molecule has 1 aliphatic carbocycles. The van der Waals surface area contributed by atoms with E-state index in [2.05, 4.69) is 11.4 Å². The fourth-order valence-electron chi connectivity index (χ4n) is 4.57. The van der Waals surface area contributed by atoms with Gasteiger partial charge in [0.15, 0.2) is 6.10 Å². The number of carbonyl (C=O) groups is 1. The van der Waals surface area contributed by atoms with Gasteiger partial charge in [-0.25, -0.2) is 8.42 Å². The summed E-state index contributed by atoms with van der Waals surface area (Å²) in [5.41, 5.74) is 3.77. The molecule has 1 aliphatic heterocycles. The topological polar surface area (TPSA) is 75.7 Å². The van der Waals surface area contributed by atoms with Gasteiger partial charge in [-0.3, -0.25) is 9.10 Å². The summed E-state index contributed by atoms with van der Waals surface area (Å²) in [4.78, 5) is 13.5. The Kier molecular flexibility index (Phi) is 5.58. The smallest absolute Gasteiger partial charge is 0.264 e. The number of anilines is 1. The van der Waals surface area contributed by atoms with Crippen LogP contribution in [0.2, 0.25) is 0 Å². The molecule has 5 rings (SSSR count). The third kappa shape index (κ3) is 4.09. The quantitative estimate of drug-likeness (QED) is 0.632. The zero-order valence-electron chi connectivity index (χ0n) is 18.4. The molecule has 2 atom stereocenters. The number of sulfonamides is 1. The number of amides is 1. The fraction of sp³-hybridized carbons (Fsp3) is 0.269. The van der Waals surface area contributed by atoms with Crippen LogP contribution in [0.4, 0.5) is 5.69 Å². The van der Waals surface area contributed by atoms with Crippen molar-refractivity contribution >= 4 is 21.6 Å². The lowest BCUT2D eigenvalue weighted by Gasteiger charge is -2.36. The molecule has 7 heteroatoms. The number of para-hydroxylation sites is 2. The van der Waals surface area contributed by atoms with Crippen molar-refractivity contribution in [1.29, 1.82) is 0 Å². The first-order valence-electron chi connectivity index (χ1n) is 11.2. The van der Waals surface area contributed by atoms with Gasteiger partial charge in [0.1, 0.15) is 5.75 Å². The van der Waals surface area contributed by atoms with Crippen LogP contribution in [0.5, 0.6) is 5.75 Å². The number of benzene rings is 3. The summed E-state index contributed by atoms with van der Waals surface area (Å²) in [6.45, 7) is 1.82. The number of fused-ring (bicyclic) bond motifs is 2. The van der Waals surface area contributed by atoms with Crippen LogP contribution in [0.25, 0.3) is 0 Å². The van der Waals surface area contributed by atoms with E-state index in [1.807, 2.05) is 25.1 Å². The maximum atomic E-state index is 13.5. The van der Waals surface area contributed by atoms with Gasteiger partial charge in [-0.2, -0.15) is 0 Å². The molecule has 0 aromatic heterocycles. The van der Waals surface area contributed by atoms with Crippen LogP contribution in [-0.4, -0.2) is 27.0 Å². The van der Waals surface area contributed by atoms with E-state index >= 15 is 0 Å².